The van der Waals surface area contributed by atoms with Gasteiger partial charge in [-0.25, -0.2) is 4.98 Å². The molecule has 118 valence electrons. The zero-order valence-corrected chi connectivity index (χ0v) is 13.5. The number of hydrogen-bond donors (Lipinski definition) is 3. The number of nitrogens with zero attached hydrogens (tertiary/aromatic N) is 2. The number of aliphatic hydroxyl groups is 1. The fourth-order valence-electron chi connectivity index (χ4n) is 2.40. The number of hydrogen-bond acceptors (Lipinski definition) is 6. The molecule has 4 N–H and O–H groups in total. The van der Waals surface area contributed by atoms with Crippen molar-refractivity contribution >= 4 is 28.2 Å². The highest BCUT2D eigenvalue weighted by Gasteiger charge is 2.29. The van der Waals surface area contributed by atoms with Gasteiger partial charge in [0.25, 0.3) is 5.91 Å². The summed E-state index contributed by atoms with van der Waals surface area (Å²) in [5.74, 6) is 0.215. The normalized spacial score (nSPS) is 22.9. The molecule has 7 heteroatoms. The van der Waals surface area contributed by atoms with Gasteiger partial charge in [0.05, 0.1) is 5.60 Å². The van der Waals surface area contributed by atoms with Gasteiger partial charge < -0.3 is 21.1 Å². The summed E-state index contributed by atoms with van der Waals surface area (Å²) >= 11 is 1.31. The van der Waals surface area contributed by atoms with Crippen molar-refractivity contribution in [2.75, 3.05) is 30.7 Å². The molecule has 0 saturated carbocycles. The number of carbonyl (C=O) groups excluding carboxylic acids is 1. The van der Waals surface area contributed by atoms with Gasteiger partial charge in [0.15, 0.2) is 5.13 Å². The number of nitrogen functional groups attached to an aromatic ring is 1. The molecule has 0 spiro atoms. The van der Waals surface area contributed by atoms with E-state index < -0.39 is 5.60 Å². The molecule has 0 radical (unpaired) electrons. The summed E-state index contributed by atoms with van der Waals surface area (Å²) in [5.41, 5.74) is 5.20. The molecule has 1 aliphatic rings. The van der Waals surface area contributed by atoms with E-state index in [2.05, 4.69) is 17.2 Å². The van der Waals surface area contributed by atoms with E-state index >= 15 is 0 Å². The molecule has 21 heavy (non-hydrogen) atoms. The predicted molar refractivity (Wildman–Crippen MR) is 85.7 cm³/mol. The Morgan fingerprint density at radius 2 is 2.29 bits per heavy atom. The predicted octanol–water partition coefficient (Wildman–Crippen LogP) is 1.92. The lowest BCUT2D eigenvalue weighted by atomic mass is 9.98. The molecule has 0 aliphatic carbocycles. The third-order valence-electron chi connectivity index (χ3n) is 3.72. The number of thiazole rings is 1. The number of anilines is 2. The summed E-state index contributed by atoms with van der Waals surface area (Å²) in [4.78, 5) is 19.1. The zero-order chi connectivity index (χ0) is 15.5. The Morgan fingerprint density at radius 1 is 1.52 bits per heavy atom. The molecule has 1 aliphatic heterocycles. The average molecular weight is 312 g/mol. The standard InChI is InChI=1S/C14H24N4O2S/c1-3-7-16-13-17-11(15)10(21-13)12(19)18-8-4-5-14(2,20)6-9-18/h20H,3-9,15H2,1-2H3,(H,16,17). The van der Waals surface area contributed by atoms with Crippen LogP contribution in [0.25, 0.3) is 0 Å². The first-order valence-electron chi connectivity index (χ1n) is 7.45. The third-order valence-corrected chi connectivity index (χ3v) is 4.74. The molecule has 2 heterocycles. The molecule has 0 bridgehead atoms. The van der Waals surface area contributed by atoms with E-state index in [1.807, 2.05) is 6.92 Å². The van der Waals surface area contributed by atoms with Gasteiger partial charge in [-0.3, -0.25) is 4.79 Å². The van der Waals surface area contributed by atoms with Crippen molar-refractivity contribution in [3.63, 3.8) is 0 Å². The third kappa shape index (κ3) is 4.07. The van der Waals surface area contributed by atoms with Gasteiger partial charge in [-0.15, -0.1) is 0 Å². The zero-order valence-electron chi connectivity index (χ0n) is 12.7. The molecule has 6 nitrogen and oxygen atoms in total. The Hall–Kier alpha value is -1.34. The first kappa shape index (κ1) is 16.0. The van der Waals surface area contributed by atoms with Crippen molar-refractivity contribution in [1.82, 2.24) is 9.88 Å². The quantitative estimate of drug-likeness (QED) is 0.790. The first-order valence-corrected chi connectivity index (χ1v) is 8.26. The van der Waals surface area contributed by atoms with Crippen LogP contribution in [0.2, 0.25) is 0 Å². The van der Waals surface area contributed by atoms with E-state index in [-0.39, 0.29) is 5.91 Å². The summed E-state index contributed by atoms with van der Waals surface area (Å²) in [6.07, 6.45) is 3.11. The number of nitrogens with two attached hydrogens (primary N) is 1. The number of aromatic nitrogens is 1. The second-order valence-corrected chi connectivity index (χ2v) is 6.80. The van der Waals surface area contributed by atoms with E-state index in [0.29, 0.717) is 35.3 Å². The van der Waals surface area contributed by atoms with E-state index in [1.54, 1.807) is 4.90 Å². The van der Waals surface area contributed by atoms with E-state index in [9.17, 15) is 9.90 Å². The lowest BCUT2D eigenvalue weighted by molar-refractivity contribution is 0.0438. The summed E-state index contributed by atoms with van der Waals surface area (Å²) < 4.78 is 0. The van der Waals surface area contributed by atoms with Crippen molar-refractivity contribution in [1.29, 1.82) is 0 Å². The van der Waals surface area contributed by atoms with Gasteiger partial charge in [-0.2, -0.15) is 0 Å². The van der Waals surface area contributed by atoms with Crippen LogP contribution in [0, 0.1) is 0 Å². The van der Waals surface area contributed by atoms with Gasteiger partial charge >= 0.3 is 0 Å². The lowest BCUT2D eigenvalue weighted by Crippen LogP contribution is -2.33. The van der Waals surface area contributed by atoms with Gasteiger partial charge in [0, 0.05) is 19.6 Å². The van der Waals surface area contributed by atoms with Crippen LogP contribution in [0.1, 0.15) is 49.2 Å². The van der Waals surface area contributed by atoms with Crippen molar-refractivity contribution in [2.24, 2.45) is 0 Å². The second kappa shape index (κ2) is 6.62. The molecule has 1 aromatic rings. The minimum atomic E-state index is -0.678. The maximum Gasteiger partial charge on any atom is 0.267 e. The molecule has 1 fully saturated rings. The lowest BCUT2D eigenvalue weighted by Gasteiger charge is -2.22. The van der Waals surface area contributed by atoms with Crippen molar-refractivity contribution in [3.05, 3.63) is 4.88 Å². The van der Waals surface area contributed by atoms with Crippen LogP contribution in [0.3, 0.4) is 0 Å². The highest BCUT2D eigenvalue weighted by Crippen LogP contribution is 2.28. The molecule has 2 rings (SSSR count). The van der Waals surface area contributed by atoms with Crippen LogP contribution in [0.4, 0.5) is 10.9 Å². The smallest absolute Gasteiger partial charge is 0.267 e. The Kier molecular flexibility index (Phi) is 5.05. The fourth-order valence-corrected chi connectivity index (χ4v) is 3.28. The van der Waals surface area contributed by atoms with Gasteiger partial charge in [0.1, 0.15) is 10.7 Å². The highest BCUT2D eigenvalue weighted by atomic mass is 32.1. The van der Waals surface area contributed by atoms with Crippen LogP contribution < -0.4 is 11.1 Å². The van der Waals surface area contributed by atoms with E-state index in [4.69, 9.17) is 5.73 Å². The fraction of sp³-hybridized carbons (Fsp3) is 0.714. The number of rotatable bonds is 4. The Labute approximate surface area is 129 Å². The van der Waals surface area contributed by atoms with Gasteiger partial charge in [0.2, 0.25) is 0 Å². The van der Waals surface area contributed by atoms with E-state index in [0.717, 1.165) is 25.8 Å². The maximum absolute atomic E-state index is 12.6. The minimum absolute atomic E-state index is 0.0766. The SMILES string of the molecule is CCCNc1nc(N)c(C(=O)N2CCCC(C)(O)CC2)s1. The molecule has 1 amide bonds. The topological polar surface area (TPSA) is 91.5 Å². The Balaban J connectivity index is 2.07. The number of amides is 1. The minimum Gasteiger partial charge on any atom is -0.390 e. The van der Waals surface area contributed by atoms with Crippen molar-refractivity contribution in [3.8, 4) is 0 Å². The highest BCUT2D eigenvalue weighted by molar-refractivity contribution is 7.18. The second-order valence-electron chi connectivity index (χ2n) is 5.80. The van der Waals surface area contributed by atoms with Gasteiger partial charge in [-0.05, 0) is 32.6 Å². The Morgan fingerprint density at radius 3 is 3.00 bits per heavy atom. The van der Waals surface area contributed by atoms with Crippen LogP contribution in [-0.2, 0) is 0 Å². The molecular weight excluding hydrogens is 288 g/mol. The number of nitrogens with one attached hydrogen (secondary N) is 1. The molecule has 1 unspecified atom stereocenters. The van der Waals surface area contributed by atoms with Crippen LogP contribution in [0.5, 0.6) is 0 Å². The number of carbonyl (C=O) groups is 1. The van der Waals surface area contributed by atoms with Crippen molar-refractivity contribution < 1.29 is 9.90 Å². The number of likely N-dealkylation sites (tertiary alicyclic amines) is 1. The summed E-state index contributed by atoms with van der Waals surface area (Å²) in [7, 11) is 0. The molecule has 1 saturated heterocycles. The van der Waals surface area contributed by atoms with Gasteiger partial charge in [-0.1, -0.05) is 18.3 Å². The summed E-state index contributed by atoms with van der Waals surface area (Å²) in [5, 5.41) is 13.9. The molecule has 1 atom stereocenters. The first-order chi connectivity index (χ1) is 9.93. The van der Waals surface area contributed by atoms with E-state index in [1.165, 1.54) is 11.3 Å². The summed E-state index contributed by atoms with van der Waals surface area (Å²) in [6, 6.07) is 0. The molecule has 0 aromatic carbocycles. The summed E-state index contributed by atoms with van der Waals surface area (Å²) in [6.45, 7) is 5.92. The Bertz CT molecular complexity index is 501. The largest absolute Gasteiger partial charge is 0.390 e. The van der Waals surface area contributed by atoms with Crippen LogP contribution >= 0.6 is 11.3 Å². The monoisotopic (exact) mass is 312 g/mol. The average Bonchev–Trinajstić information content (AvgIpc) is 2.70. The van der Waals surface area contributed by atoms with Crippen LogP contribution in [0.15, 0.2) is 0 Å². The van der Waals surface area contributed by atoms with Crippen LogP contribution in [-0.4, -0.2) is 46.1 Å². The molecule has 1 aromatic heterocycles. The molecular formula is C14H24N4O2S. The maximum atomic E-state index is 12.6. The van der Waals surface area contributed by atoms with Crippen molar-refractivity contribution in [2.45, 2.75) is 45.1 Å².